The Morgan fingerprint density at radius 1 is 0.972 bits per heavy atom. The zero-order valence-corrected chi connectivity index (χ0v) is 20.2. The predicted octanol–water partition coefficient (Wildman–Crippen LogP) is 4.52. The van der Waals surface area contributed by atoms with Crippen LogP contribution in [0.3, 0.4) is 0 Å². The number of carbonyl (C=O) groups is 2. The number of nitrogens with zero attached hydrogens (tertiary/aromatic N) is 2. The Labute approximate surface area is 208 Å². The number of aliphatic carboxylic acids is 2. The lowest BCUT2D eigenvalue weighted by atomic mass is 10.0. The van der Waals surface area contributed by atoms with Gasteiger partial charge in [0.2, 0.25) is 5.95 Å². The Hall–Kier alpha value is -4.37. The third kappa shape index (κ3) is 6.83. The second-order valence-corrected chi connectivity index (χ2v) is 7.67. The van der Waals surface area contributed by atoms with Gasteiger partial charge in [-0.05, 0) is 47.5 Å². The fourth-order valence-corrected chi connectivity index (χ4v) is 3.67. The monoisotopic (exact) mass is 491 g/mol. The van der Waals surface area contributed by atoms with E-state index in [1.54, 1.807) is 7.11 Å². The third-order valence-corrected chi connectivity index (χ3v) is 5.34. The first-order valence-corrected chi connectivity index (χ1v) is 11.4. The molecule has 0 aliphatic heterocycles. The molecule has 0 radical (unpaired) electrons. The second-order valence-electron chi connectivity index (χ2n) is 7.67. The van der Waals surface area contributed by atoms with Gasteiger partial charge in [-0.3, -0.25) is 0 Å². The molecule has 0 saturated heterocycles. The van der Waals surface area contributed by atoms with Gasteiger partial charge in [-0.15, -0.1) is 0 Å². The largest absolute Gasteiger partial charge is 0.494 e. The van der Waals surface area contributed by atoms with Crippen LogP contribution in [0.2, 0.25) is 0 Å². The van der Waals surface area contributed by atoms with Gasteiger partial charge in [0.15, 0.2) is 0 Å². The maximum Gasteiger partial charge on any atom is 0.414 e. The van der Waals surface area contributed by atoms with E-state index in [4.69, 9.17) is 29.3 Å². The van der Waals surface area contributed by atoms with E-state index in [2.05, 4.69) is 69.5 Å². The van der Waals surface area contributed by atoms with Gasteiger partial charge in [0.1, 0.15) is 5.75 Å². The zero-order chi connectivity index (χ0) is 25.9. The standard InChI is InChI=1S/C25H27N3O2.C2H2O4/c1-3-30-22-13-11-20(12-14-22)24-18-27-25(28(24)15-16-29-2)26-17-21-9-6-8-19-7-4-5-10-23(19)21;3-1(4)2(5)6/h4-14,18H,3,15-17H2,1-2H3,(H,26,27);(H,3,4)(H,5,6). The van der Waals surface area contributed by atoms with Crippen LogP contribution in [-0.4, -0.2) is 52.0 Å². The zero-order valence-electron chi connectivity index (χ0n) is 20.2. The number of imidazole rings is 1. The van der Waals surface area contributed by atoms with Gasteiger partial charge in [0.05, 0.1) is 25.1 Å². The molecule has 0 amide bonds. The van der Waals surface area contributed by atoms with Crippen LogP contribution in [0.1, 0.15) is 12.5 Å². The summed E-state index contributed by atoms with van der Waals surface area (Å²) < 4.78 is 13.1. The molecule has 0 saturated carbocycles. The van der Waals surface area contributed by atoms with Crippen LogP contribution in [-0.2, 0) is 27.4 Å². The van der Waals surface area contributed by atoms with E-state index in [1.165, 1.54) is 16.3 Å². The molecular weight excluding hydrogens is 462 g/mol. The molecule has 0 aliphatic carbocycles. The molecule has 36 heavy (non-hydrogen) atoms. The van der Waals surface area contributed by atoms with Gasteiger partial charge < -0.3 is 29.6 Å². The average Bonchev–Trinajstić information content (AvgIpc) is 3.29. The van der Waals surface area contributed by atoms with Crippen LogP contribution in [0.25, 0.3) is 22.0 Å². The van der Waals surface area contributed by atoms with Gasteiger partial charge in [-0.25, -0.2) is 14.6 Å². The summed E-state index contributed by atoms with van der Waals surface area (Å²) in [5, 5.41) is 20.8. The number of aromatic nitrogens is 2. The van der Waals surface area contributed by atoms with E-state index in [9.17, 15) is 0 Å². The number of carboxylic acids is 2. The molecule has 9 heteroatoms. The number of ether oxygens (including phenoxy) is 2. The summed E-state index contributed by atoms with van der Waals surface area (Å²) >= 11 is 0. The fourth-order valence-electron chi connectivity index (χ4n) is 3.67. The number of fused-ring (bicyclic) bond motifs is 1. The van der Waals surface area contributed by atoms with Crippen LogP contribution in [0.15, 0.2) is 72.9 Å². The summed E-state index contributed by atoms with van der Waals surface area (Å²) in [6.45, 7) is 4.68. The number of carboxylic acid groups (broad SMARTS) is 2. The highest BCUT2D eigenvalue weighted by molar-refractivity contribution is 6.27. The maximum atomic E-state index is 9.10. The summed E-state index contributed by atoms with van der Waals surface area (Å²) in [5.41, 5.74) is 3.40. The quantitative estimate of drug-likeness (QED) is 0.292. The second kappa shape index (κ2) is 12.9. The lowest BCUT2D eigenvalue weighted by Gasteiger charge is -2.14. The summed E-state index contributed by atoms with van der Waals surface area (Å²) in [5.74, 6) is -1.94. The molecule has 4 aromatic rings. The van der Waals surface area contributed by atoms with Gasteiger partial charge >= 0.3 is 11.9 Å². The molecule has 0 fully saturated rings. The first-order valence-electron chi connectivity index (χ1n) is 11.4. The van der Waals surface area contributed by atoms with Gasteiger partial charge in [-0.1, -0.05) is 42.5 Å². The fraction of sp³-hybridized carbons (Fsp3) is 0.222. The number of anilines is 1. The molecule has 4 rings (SSSR count). The minimum atomic E-state index is -1.82. The number of benzene rings is 3. The van der Waals surface area contributed by atoms with E-state index in [-0.39, 0.29) is 0 Å². The van der Waals surface area contributed by atoms with Gasteiger partial charge in [0, 0.05) is 25.8 Å². The highest BCUT2D eigenvalue weighted by atomic mass is 16.5. The Bertz CT molecular complexity index is 1280. The van der Waals surface area contributed by atoms with Crippen LogP contribution < -0.4 is 10.1 Å². The molecule has 3 N–H and O–H groups in total. The molecule has 1 aromatic heterocycles. The van der Waals surface area contributed by atoms with E-state index in [0.717, 1.165) is 29.5 Å². The molecule has 9 nitrogen and oxygen atoms in total. The first-order chi connectivity index (χ1) is 17.4. The lowest BCUT2D eigenvalue weighted by Crippen LogP contribution is -2.12. The predicted molar refractivity (Wildman–Crippen MR) is 137 cm³/mol. The highest BCUT2D eigenvalue weighted by Gasteiger charge is 2.12. The summed E-state index contributed by atoms with van der Waals surface area (Å²) in [4.78, 5) is 22.9. The number of nitrogens with one attached hydrogen (secondary N) is 1. The smallest absolute Gasteiger partial charge is 0.414 e. The molecule has 3 aromatic carbocycles. The Kier molecular flexibility index (Phi) is 9.41. The van der Waals surface area contributed by atoms with Crippen molar-refractivity contribution in [2.24, 2.45) is 0 Å². The highest BCUT2D eigenvalue weighted by Crippen LogP contribution is 2.26. The van der Waals surface area contributed by atoms with Crippen molar-refractivity contribution in [1.82, 2.24) is 9.55 Å². The van der Waals surface area contributed by atoms with Gasteiger partial charge in [-0.2, -0.15) is 0 Å². The van der Waals surface area contributed by atoms with Crippen molar-refractivity contribution in [3.63, 3.8) is 0 Å². The van der Waals surface area contributed by atoms with E-state index in [1.807, 2.05) is 25.3 Å². The average molecular weight is 492 g/mol. The van der Waals surface area contributed by atoms with E-state index < -0.39 is 11.9 Å². The third-order valence-electron chi connectivity index (χ3n) is 5.34. The number of hydrogen-bond acceptors (Lipinski definition) is 6. The molecule has 1 heterocycles. The van der Waals surface area contributed by atoms with Crippen molar-refractivity contribution < 1.29 is 29.3 Å². The molecular formula is C27H29N3O6. The number of hydrogen-bond donors (Lipinski definition) is 3. The molecule has 0 atom stereocenters. The topological polar surface area (TPSA) is 123 Å². The summed E-state index contributed by atoms with van der Waals surface area (Å²) in [7, 11) is 1.72. The normalized spacial score (nSPS) is 10.4. The minimum Gasteiger partial charge on any atom is -0.494 e. The molecule has 0 bridgehead atoms. The number of methoxy groups -OCH3 is 1. The van der Waals surface area contributed by atoms with Crippen LogP contribution >= 0.6 is 0 Å². The van der Waals surface area contributed by atoms with Crippen molar-refractivity contribution in [3.8, 4) is 17.0 Å². The maximum absolute atomic E-state index is 9.10. The number of rotatable bonds is 9. The Morgan fingerprint density at radius 2 is 1.67 bits per heavy atom. The minimum absolute atomic E-state index is 0.614. The molecule has 188 valence electrons. The summed E-state index contributed by atoms with van der Waals surface area (Å²) in [6.07, 6.45) is 1.91. The van der Waals surface area contributed by atoms with Gasteiger partial charge in [0.25, 0.3) is 0 Å². The van der Waals surface area contributed by atoms with Crippen LogP contribution in [0, 0.1) is 0 Å². The van der Waals surface area contributed by atoms with E-state index in [0.29, 0.717) is 19.8 Å². The van der Waals surface area contributed by atoms with Crippen LogP contribution in [0.5, 0.6) is 5.75 Å². The molecule has 0 aliphatic rings. The van der Waals surface area contributed by atoms with Crippen molar-refractivity contribution in [1.29, 1.82) is 0 Å². The summed E-state index contributed by atoms with van der Waals surface area (Å²) in [6, 6.07) is 23.0. The molecule has 0 spiro atoms. The lowest BCUT2D eigenvalue weighted by molar-refractivity contribution is -0.159. The van der Waals surface area contributed by atoms with Crippen molar-refractivity contribution in [3.05, 3.63) is 78.5 Å². The Balaban J connectivity index is 0.000000538. The first kappa shape index (κ1) is 26.2. The van der Waals surface area contributed by atoms with Crippen LogP contribution in [0.4, 0.5) is 5.95 Å². The van der Waals surface area contributed by atoms with E-state index >= 15 is 0 Å². The SMILES string of the molecule is CCOc1ccc(-c2cnc(NCc3cccc4ccccc34)n2CCOC)cc1.O=C(O)C(=O)O. The van der Waals surface area contributed by atoms with Crippen molar-refractivity contribution in [2.75, 3.05) is 25.6 Å². The molecule has 0 unspecified atom stereocenters. The Morgan fingerprint density at radius 3 is 2.33 bits per heavy atom. The van der Waals surface area contributed by atoms with Crippen molar-refractivity contribution >= 4 is 28.7 Å². The van der Waals surface area contributed by atoms with Crippen molar-refractivity contribution in [2.45, 2.75) is 20.0 Å².